The molecule has 1 aliphatic rings. The number of aliphatic hydroxyl groups is 1. The molecule has 0 aromatic carbocycles. The SMILES string of the molecule is CC1(O)CCCN(C(=O)c2csc(N)n2)CC1. The molecular formula is C11H17N3O2S. The van der Waals surface area contributed by atoms with Gasteiger partial charge in [-0.15, -0.1) is 11.3 Å². The number of carbonyl (C=O) groups is 1. The van der Waals surface area contributed by atoms with Gasteiger partial charge in [0.1, 0.15) is 5.69 Å². The van der Waals surface area contributed by atoms with Crippen molar-refractivity contribution in [1.29, 1.82) is 0 Å². The van der Waals surface area contributed by atoms with Crippen LogP contribution >= 0.6 is 11.3 Å². The van der Waals surface area contributed by atoms with Gasteiger partial charge in [0.05, 0.1) is 5.60 Å². The summed E-state index contributed by atoms with van der Waals surface area (Å²) < 4.78 is 0. The molecule has 1 amide bonds. The molecule has 2 rings (SSSR count). The van der Waals surface area contributed by atoms with Crippen LogP contribution in [0.25, 0.3) is 0 Å². The predicted octanol–water partition coefficient (Wildman–Crippen LogP) is 1.10. The summed E-state index contributed by atoms with van der Waals surface area (Å²) in [6.07, 6.45) is 2.16. The number of thiazole rings is 1. The first-order valence-corrected chi connectivity index (χ1v) is 6.58. The molecule has 1 fully saturated rings. The van der Waals surface area contributed by atoms with Crippen molar-refractivity contribution < 1.29 is 9.90 Å². The van der Waals surface area contributed by atoms with E-state index >= 15 is 0 Å². The van der Waals surface area contributed by atoms with Crippen molar-refractivity contribution in [2.75, 3.05) is 18.8 Å². The predicted molar refractivity (Wildman–Crippen MR) is 66.9 cm³/mol. The van der Waals surface area contributed by atoms with Crippen molar-refractivity contribution in [3.05, 3.63) is 11.1 Å². The van der Waals surface area contributed by atoms with Crippen LogP contribution in [0.4, 0.5) is 5.13 Å². The Kier molecular flexibility index (Phi) is 3.35. The van der Waals surface area contributed by atoms with E-state index in [1.54, 1.807) is 10.3 Å². The Balaban J connectivity index is 2.05. The van der Waals surface area contributed by atoms with Gasteiger partial charge in [0.2, 0.25) is 0 Å². The zero-order chi connectivity index (χ0) is 12.5. The van der Waals surface area contributed by atoms with Crippen LogP contribution < -0.4 is 5.73 Å². The number of rotatable bonds is 1. The lowest BCUT2D eigenvalue weighted by Gasteiger charge is -2.21. The molecule has 1 aromatic rings. The maximum atomic E-state index is 12.1. The van der Waals surface area contributed by atoms with E-state index in [2.05, 4.69) is 4.98 Å². The molecule has 0 radical (unpaired) electrons. The van der Waals surface area contributed by atoms with E-state index in [1.165, 1.54) is 11.3 Å². The van der Waals surface area contributed by atoms with Crippen LogP contribution in [0.1, 0.15) is 36.7 Å². The topological polar surface area (TPSA) is 79.5 Å². The molecule has 3 N–H and O–H groups in total. The summed E-state index contributed by atoms with van der Waals surface area (Å²) in [5, 5.41) is 12.1. The van der Waals surface area contributed by atoms with Gasteiger partial charge in [0, 0.05) is 18.5 Å². The fraction of sp³-hybridized carbons (Fsp3) is 0.636. The fourth-order valence-corrected chi connectivity index (χ4v) is 2.55. The first-order valence-electron chi connectivity index (χ1n) is 5.71. The lowest BCUT2D eigenvalue weighted by atomic mass is 9.98. The molecule has 1 saturated heterocycles. The van der Waals surface area contributed by atoms with Gasteiger partial charge in [-0.05, 0) is 26.2 Å². The molecule has 1 atom stereocenters. The van der Waals surface area contributed by atoms with E-state index in [9.17, 15) is 9.90 Å². The highest BCUT2D eigenvalue weighted by molar-refractivity contribution is 7.13. The number of aromatic nitrogens is 1. The molecule has 2 heterocycles. The molecular weight excluding hydrogens is 238 g/mol. The number of nitrogens with zero attached hydrogens (tertiary/aromatic N) is 2. The van der Waals surface area contributed by atoms with Crippen molar-refractivity contribution in [3.8, 4) is 0 Å². The summed E-state index contributed by atoms with van der Waals surface area (Å²) in [6, 6.07) is 0. The lowest BCUT2D eigenvalue weighted by molar-refractivity contribution is 0.0437. The minimum absolute atomic E-state index is 0.0874. The maximum absolute atomic E-state index is 12.1. The van der Waals surface area contributed by atoms with Gasteiger partial charge in [-0.2, -0.15) is 0 Å². The zero-order valence-corrected chi connectivity index (χ0v) is 10.7. The Bertz CT molecular complexity index is 417. The monoisotopic (exact) mass is 255 g/mol. The van der Waals surface area contributed by atoms with Crippen molar-refractivity contribution in [2.45, 2.75) is 31.8 Å². The molecule has 0 saturated carbocycles. The third-order valence-electron chi connectivity index (χ3n) is 3.09. The molecule has 0 spiro atoms. The zero-order valence-electron chi connectivity index (χ0n) is 9.85. The Morgan fingerprint density at radius 3 is 3.00 bits per heavy atom. The summed E-state index contributed by atoms with van der Waals surface area (Å²) >= 11 is 1.27. The first kappa shape index (κ1) is 12.3. The van der Waals surface area contributed by atoms with Gasteiger partial charge in [0.25, 0.3) is 5.91 Å². The Morgan fingerprint density at radius 2 is 2.35 bits per heavy atom. The van der Waals surface area contributed by atoms with E-state index in [0.29, 0.717) is 30.3 Å². The van der Waals surface area contributed by atoms with Gasteiger partial charge in [0.15, 0.2) is 5.13 Å². The second-order valence-corrected chi connectivity index (χ2v) is 5.60. The summed E-state index contributed by atoms with van der Waals surface area (Å²) in [4.78, 5) is 17.9. The fourth-order valence-electron chi connectivity index (χ4n) is 2.01. The van der Waals surface area contributed by atoms with Crippen LogP contribution in [0.15, 0.2) is 5.38 Å². The quantitative estimate of drug-likeness (QED) is 0.787. The molecule has 17 heavy (non-hydrogen) atoms. The van der Waals surface area contributed by atoms with Crippen LogP contribution in [0.5, 0.6) is 0 Å². The molecule has 1 aliphatic heterocycles. The number of anilines is 1. The van der Waals surface area contributed by atoms with Crippen molar-refractivity contribution in [2.24, 2.45) is 0 Å². The Hall–Kier alpha value is -1.14. The van der Waals surface area contributed by atoms with Crippen LogP contribution in [0.3, 0.4) is 0 Å². The standard InChI is InChI=1S/C11H17N3O2S/c1-11(16)3-2-5-14(6-4-11)9(15)8-7-17-10(12)13-8/h7,16H,2-6H2,1H3,(H2,12,13). The summed E-state index contributed by atoms with van der Waals surface area (Å²) in [6.45, 7) is 3.07. The molecule has 0 bridgehead atoms. The minimum atomic E-state index is -0.657. The van der Waals surface area contributed by atoms with Gasteiger partial charge in [-0.1, -0.05) is 0 Å². The van der Waals surface area contributed by atoms with Crippen molar-refractivity contribution >= 4 is 22.4 Å². The largest absolute Gasteiger partial charge is 0.390 e. The average Bonchev–Trinajstić information content (AvgIpc) is 2.60. The Morgan fingerprint density at radius 1 is 1.59 bits per heavy atom. The highest BCUT2D eigenvalue weighted by Gasteiger charge is 2.28. The van der Waals surface area contributed by atoms with Gasteiger partial charge < -0.3 is 15.7 Å². The van der Waals surface area contributed by atoms with Gasteiger partial charge in [-0.3, -0.25) is 4.79 Å². The van der Waals surface area contributed by atoms with Crippen LogP contribution in [-0.2, 0) is 0 Å². The number of hydrogen-bond acceptors (Lipinski definition) is 5. The van der Waals surface area contributed by atoms with Gasteiger partial charge in [-0.25, -0.2) is 4.98 Å². The summed E-state index contributed by atoms with van der Waals surface area (Å²) in [5.41, 5.74) is 5.27. The van der Waals surface area contributed by atoms with Crippen LogP contribution in [0, 0.1) is 0 Å². The number of nitrogens with two attached hydrogens (primary N) is 1. The molecule has 6 heteroatoms. The van der Waals surface area contributed by atoms with Crippen molar-refractivity contribution in [3.63, 3.8) is 0 Å². The molecule has 1 aromatic heterocycles. The highest BCUT2D eigenvalue weighted by Crippen LogP contribution is 2.23. The van der Waals surface area contributed by atoms with E-state index < -0.39 is 5.60 Å². The number of carbonyl (C=O) groups excluding carboxylic acids is 1. The number of likely N-dealkylation sites (tertiary alicyclic amines) is 1. The average molecular weight is 255 g/mol. The summed E-state index contributed by atoms with van der Waals surface area (Å²) in [5.74, 6) is -0.0874. The molecule has 5 nitrogen and oxygen atoms in total. The molecule has 1 unspecified atom stereocenters. The highest BCUT2D eigenvalue weighted by atomic mass is 32.1. The maximum Gasteiger partial charge on any atom is 0.273 e. The minimum Gasteiger partial charge on any atom is -0.390 e. The number of amides is 1. The third-order valence-corrected chi connectivity index (χ3v) is 3.77. The van der Waals surface area contributed by atoms with Crippen LogP contribution in [0.2, 0.25) is 0 Å². The van der Waals surface area contributed by atoms with E-state index in [1.807, 2.05) is 6.92 Å². The van der Waals surface area contributed by atoms with Crippen LogP contribution in [-0.4, -0.2) is 39.6 Å². The second kappa shape index (κ2) is 4.62. The Labute approximate surface area is 104 Å². The van der Waals surface area contributed by atoms with Crippen molar-refractivity contribution in [1.82, 2.24) is 9.88 Å². The van der Waals surface area contributed by atoms with E-state index in [4.69, 9.17) is 5.73 Å². The smallest absolute Gasteiger partial charge is 0.273 e. The molecule has 0 aliphatic carbocycles. The number of hydrogen-bond donors (Lipinski definition) is 2. The second-order valence-electron chi connectivity index (χ2n) is 4.71. The summed E-state index contributed by atoms with van der Waals surface area (Å²) in [7, 11) is 0. The normalized spacial score (nSPS) is 25.6. The van der Waals surface area contributed by atoms with E-state index in [0.717, 1.165) is 12.8 Å². The van der Waals surface area contributed by atoms with Gasteiger partial charge >= 0.3 is 0 Å². The third kappa shape index (κ3) is 2.95. The first-order chi connectivity index (χ1) is 7.98. The number of nitrogen functional groups attached to an aromatic ring is 1. The molecule has 94 valence electrons. The lowest BCUT2D eigenvalue weighted by Crippen LogP contribution is -2.33. The van der Waals surface area contributed by atoms with E-state index in [-0.39, 0.29) is 5.91 Å².